The Morgan fingerprint density at radius 1 is 0.800 bits per heavy atom. The number of methoxy groups -OCH3 is 3. The van der Waals surface area contributed by atoms with Crippen LogP contribution in [-0.2, 0) is 41.8 Å². The molecule has 4 aromatic heterocycles. The summed E-state index contributed by atoms with van der Waals surface area (Å²) in [6.45, 7) is 4.79. The van der Waals surface area contributed by atoms with Crippen LogP contribution in [0.15, 0.2) is 79.8 Å². The first kappa shape index (κ1) is 47.2. The van der Waals surface area contributed by atoms with E-state index in [0.717, 1.165) is 33.8 Å². The van der Waals surface area contributed by atoms with E-state index in [0.29, 0.717) is 47.3 Å². The zero-order chi connectivity index (χ0) is 40.9. The molecule has 16 nitrogen and oxygen atoms in total. The summed E-state index contributed by atoms with van der Waals surface area (Å²) in [6.07, 6.45) is 2.35. The number of pyridine rings is 2. The zero-order valence-electron chi connectivity index (χ0n) is 29.5. The monoisotopic (exact) mass is 1270 g/mol. The molecule has 3 N–H and O–H groups in total. The first-order valence-corrected chi connectivity index (χ1v) is 37.6. The smallest absolute Gasteiger partial charge is 0.213 e. The van der Waals surface area contributed by atoms with Gasteiger partial charge in [0, 0.05) is 29.9 Å². The molecule has 6 rings (SSSR count). The Hall–Kier alpha value is -2.22. The minimum Gasteiger partial charge on any atom is -0.380 e. The quantitative estimate of drug-likeness (QED) is 0.0742. The summed E-state index contributed by atoms with van der Waals surface area (Å²) in [5.41, 5.74) is 10.8. The number of hydrogen-bond donors (Lipinski definition) is 2. The van der Waals surface area contributed by atoms with E-state index < -0.39 is 19.1 Å². The molecular weight excluding hydrogens is 1240 g/mol. The summed E-state index contributed by atoms with van der Waals surface area (Å²) in [7, 11) is 5.01. The maximum Gasteiger partial charge on any atom is 0.213 e. The molecule has 0 amide bonds. The third-order valence-electron chi connectivity index (χ3n) is 7.10. The number of sulfonamides is 1. The van der Waals surface area contributed by atoms with Gasteiger partial charge in [-0.05, 0) is 72.5 Å². The molecule has 0 bridgehead atoms. The molecule has 6 aromatic rings. The topological polar surface area (TPSA) is 221 Å². The number of hydrogen-bond acceptors (Lipinski definition) is 15. The van der Waals surface area contributed by atoms with E-state index in [4.69, 9.17) is 44.4 Å². The minimum atomic E-state index is -3.85. The number of rotatable bonds is 10. The predicted octanol–water partition coefficient (Wildman–Crippen LogP) is 9.07. The number of anilines is 2. The summed E-state index contributed by atoms with van der Waals surface area (Å²) < 4.78 is 78.8. The van der Waals surface area contributed by atoms with Gasteiger partial charge in [-0.2, -0.15) is 4.74 Å². The predicted molar refractivity (Wildman–Crippen MR) is 244 cm³/mol. The number of nitrogen functional groups attached to an aromatic ring is 1. The van der Waals surface area contributed by atoms with Gasteiger partial charge in [0.05, 0.1) is 44.0 Å². The fourth-order valence-corrected chi connectivity index (χ4v) is 6.04. The average Bonchev–Trinajstić information content (AvgIpc) is 3.69. The van der Waals surface area contributed by atoms with Crippen molar-refractivity contribution in [1.82, 2.24) is 20.3 Å². The van der Waals surface area contributed by atoms with Gasteiger partial charge in [-0.25, -0.2) is 26.8 Å². The van der Waals surface area contributed by atoms with Crippen LogP contribution in [0.1, 0.15) is 22.3 Å². The summed E-state index contributed by atoms with van der Waals surface area (Å²) >= 11 is 7.42. The second-order valence-corrected chi connectivity index (χ2v) is 63.7. The van der Waals surface area contributed by atoms with E-state index in [1.54, 1.807) is 13.2 Å². The van der Waals surface area contributed by atoms with E-state index in [1.807, 2.05) is 32.0 Å². The van der Waals surface area contributed by atoms with E-state index in [2.05, 4.69) is 88.0 Å². The van der Waals surface area contributed by atoms with Crippen LogP contribution in [0.5, 0.6) is 11.8 Å². The Kier molecular flexibility index (Phi) is 18.9. The van der Waals surface area contributed by atoms with Crippen LogP contribution >= 0.6 is 74.4 Å². The van der Waals surface area contributed by atoms with Gasteiger partial charge < -0.3 is 29.0 Å². The second-order valence-electron chi connectivity index (χ2n) is 10.7. The first-order chi connectivity index (χ1) is 25.9. The van der Waals surface area contributed by atoms with Crippen molar-refractivity contribution in [3.8, 4) is 11.8 Å². The van der Waals surface area contributed by atoms with Crippen molar-refractivity contribution in [2.75, 3.05) is 31.8 Å². The van der Waals surface area contributed by atoms with Crippen LogP contribution in [0.3, 0.4) is 0 Å². The van der Waals surface area contributed by atoms with E-state index in [9.17, 15) is 16.8 Å². The third-order valence-corrected chi connectivity index (χ3v) is 9.77. The van der Waals surface area contributed by atoms with Crippen LogP contribution in [0, 0.1) is 21.0 Å². The molecule has 0 unspecified atom stereocenters. The van der Waals surface area contributed by atoms with Crippen molar-refractivity contribution < 1.29 is 44.8 Å². The number of aryl methyl sites for hydroxylation is 2. The number of benzene rings is 2. The Morgan fingerprint density at radius 3 is 1.76 bits per heavy atom. The fourth-order valence-electron chi connectivity index (χ4n) is 4.40. The van der Waals surface area contributed by atoms with Gasteiger partial charge in [0.15, 0.2) is 22.8 Å². The normalized spacial score (nSPS) is 11.3. The largest absolute Gasteiger partial charge is 0.380 e. The Labute approximate surface area is 358 Å². The molecule has 0 aliphatic carbocycles. The van der Waals surface area contributed by atoms with Gasteiger partial charge in [-0.1, -0.05) is 10.3 Å². The van der Waals surface area contributed by atoms with Crippen molar-refractivity contribution >= 4 is 127 Å². The maximum atomic E-state index is 12.5. The number of ether oxygens (including phenoxy) is 4. The van der Waals surface area contributed by atoms with Crippen LogP contribution in [0.2, 0.25) is 0 Å². The van der Waals surface area contributed by atoms with Crippen LogP contribution in [0.4, 0.5) is 11.6 Å². The van der Waals surface area contributed by atoms with Crippen molar-refractivity contribution in [2.24, 2.45) is 0 Å². The summed E-state index contributed by atoms with van der Waals surface area (Å²) in [5.74, 6) is 1.22. The molecule has 0 fully saturated rings. The van der Waals surface area contributed by atoms with E-state index >= 15 is 0 Å². The number of nitrogens with two attached hydrogens (primary N) is 1. The molecule has 0 radical (unpaired) electrons. The Bertz CT molecular complexity index is 2380. The van der Waals surface area contributed by atoms with Crippen molar-refractivity contribution in [3.63, 3.8) is 0 Å². The molecule has 0 aliphatic rings. The number of aromatic nitrogens is 4. The standard InChI is InChI=1S/C16H17N3O5S.C10H11N2O2.C6H6ClNO3S.I4/c1-10-6-13-14(7-11(10)9-22-2)24-18-16(13)19-25(20,21)12-4-5-15(23-3)17-8-12;1-6-3-8-9(14-12-10(8)11)4-7(6)5-13-2;1-11-6-3-2-5(4-8-6)12(7,9)10;1-4(2)3/h4-8H,9H2,1-3H3,(H,18,19);3-4H,2,5H2,1H3,(H2,11,12);2-4H,1H3;/q;+1;;. The molecule has 0 saturated heterocycles. The van der Waals surface area contributed by atoms with Crippen molar-refractivity contribution in [3.05, 3.63) is 90.3 Å². The van der Waals surface area contributed by atoms with Crippen LogP contribution in [0.25, 0.3) is 21.9 Å². The SMILES string of the molecule is COCc1cc2onc(NS(=O)(=O)c3ccc(OC)nc3)c2cc1C.COc1ccc(S(=O)(=O)Cl)cn1.II(I)I.[CH2+]OCc1cc2onc(N)c2cc1C. The molecule has 2 aromatic carbocycles. The maximum absolute atomic E-state index is 12.5. The first-order valence-electron chi connectivity index (χ1n) is 15.0. The van der Waals surface area contributed by atoms with Crippen LogP contribution in [-0.4, -0.2) is 58.4 Å². The summed E-state index contributed by atoms with van der Waals surface area (Å²) in [6, 6.07) is 13.0. The van der Waals surface area contributed by atoms with Gasteiger partial charge in [0.1, 0.15) is 16.4 Å². The summed E-state index contributed by atoms with van der Waals surface area (Å²) in [5, 5.41) is 8.93. The summed E-state index contributed by atoms with van der Waals surface area (Å²) in [4.78, 5) is 7.54. The van der Waals surface area contributed by atoms with Crippen molar-refractivity contribution in [1.29, 1.82) is 0 Å². The fraction of sp³-hybridized carbons (Fsp3) is 0.219. The van der Waals surface area contributed by atoms with E-state index in [-0.39, 0.29) is 23.5 Å². The number of nitrogens with one attached hydrogen (secondary N) is 1. The molecule has 0 atom stereocenters. The Morgan fingerprint density at radius 2 is 1.29 bits per heavy atom. The van der Waals surface area contributed by atoms with Gasteiger partial charge in [-0.15, -0.1) is 0 Å². The molecule has 4 heterocycles. The van der Waals surface area contributed by atoms with Gasteiger partial charge >= 0.3 is 63.7 Å². The number of halogens is 5. The molecule has 55 heavy (non-hydrogen) atoms. The average molecular weight is 1270 g/mol. The molecule has 0 aliphatic heterocycles. The van der Waals surface area contributed by atoms with Gasteiger partial charge in [-0.3, -0.25) is 4.72 Å². The number of nitrogens with zero attached hydrogens (tertiary/aromatic N) is 4. The number of fused-ring (bicyclic) bond motifs is 2. The van der Waals surface area contributed by atoms with Crippen molar-refractivity contribution in [2.45, 2.75) is 36.9 Å². The third kappa shape index (κ3) is 14.3. The van der Waals surface area contributed by atoms with Crippen LogP contribution < -0.4 is 19.9 Å². The van der Waals surface area contributed by atoms with E-state index in [1.165, 1.54) is 44.7 Å². The zero-order valence-corrected chi connectivity index (χ0v) is 40.6. The molecule has 23 heteroatoms. The van der Waals surface area contributed by atoms with Gasteiger partial charge in [0.2, 0.25) is 18.9 Å². The Balaban J connectivity index is 0.000000229. The molecule has 298 valence electrons. The molecule has 0 saturated carbocycles. The molecular formula is C32H34ClI4N6O10S2+. The second kappa shape index (κ2) is 22.1. The minimum absolute atomic E-state index is 0.00262. The molecule has 0 spiro atoms. The van der Waals surface area contributed by atoms with Gasteiger partial charge in [0.25, 0.3) is 19.1 Å².